The number of hydrogen-bond donors (Lipinski definition) is 3. The highest BCUT2D eigenvalue weighted by Gasteiger charge is 2.11. The summed E-state index contributed by atoms with van der Waals surface area (Å²) in [6.45, 7) is 2.85. The summed E-state index contributed by atoms with van der Waals surface area (Å²) in [6, 6.07) is 9.66. The van der Waals surface area contributed by atoms with Crippen LogP contribution >= 0.6 is 0 Å². The van der Waals surface area contributed by atoms with Crippen LogP contribution in [0.25, 0.3) is 0 Å². The van der Waals surface area contributed by atoms with Crippen molar-refractivity contribution in [3.05, 3.63) is 58.9 Å². The molecule has 0 fully saturated rings. The molecule has 0 unspecified atom stereocenters. The molecule has 0 spiro atoms. The van der Waals surface area contributed by atoms with Crippen LogP contribution in [0.1, 0.15) is 38.9 Å². The Labute approximate surface area is 130 Å². The van der Waals surface area contributed by atoms with Crippen molar-refractivity contribution >= 4 is 11.7 Å². The maximum absolute atomic E-state index is 12.1. The van der Waals surface area contributed by atoms with Crippen LogP contribution < -0.4 is 10.2 Å². The van der Waals surface area contributed by atoms with Crippen LogP contribution in [0.4, 0.5) is 0 Å². The number of benzene rings is 1. The predicted molar refractivity (Wildman–Crippen MR) is 84.9 cm³/mol. The number of aromatic nitrogens is 1. The van der Waals surface area contributed by atoms with Gasteiger partial charge in [0.2, 0.25) is 0 Å². The maximum atomic E-state index is 12.1. The molecule has 0 radical (unpaired) electrons. The molecule has 0 atom stereocenters. The molecule has 0 aliphatic rings. The van der Waals surface area contributed by atoms with Crippen molar-refractivity contribution in [2.24, 2.45) is 0 Å². The zero-order chi connectivity index (χ0) is 16.1. The lowest BCUT2D eigenvalue weighted by atomic mass is 10.1. The molecule has 1 heterocycles. The summed E-state index contributed by atoms with van der Waals surface area (Å²) >= 11 is 0. The van der Waals surface area contributed by atoms with E-state index in [-0.39, 0.29) is 11.7 Å². The number of ketones is 1. The van der Waals surface area contributed by atoms with E-state index in [1.165, 1.54) is 17.4 Å². The smallest absolute Gasteiger partial charge is 0.267 e. The first-order valence-electron chi connectivity index (χ1n) is 7.30. The largest absolute Gasteiger partial charge is 0.356 e. The van der Waals surface area contributed by atoms with Gasteiger partial charge in [-0.05, 0) is 18.6 Å². The van der Waals surface area contributed by atoms with Crippen molar-refractivity contribution < 1.29 is 14.5 Å². The first-order chi connectivity index (χ1) is 10.5. The molecule has 1 aromatic heterocycles. The van der Waals surface area contributed by atoms with Crippen molar-refractivity contribution in [3.63, 3.8) is 0 Å². The fourth-order valence-corrected chi connectivity index (χ4v) is 2.28. The van der Waals surface area contributed by atoms with Gasteiger partial charge in [-0.25, -0.2) is 0 Å². The van der Waals surface area contributed by atoms with Gasteiger partial charge in [0.25, 0.3) is 5.91 Å². The van der Waals surface area contributed by atoms with Crippen LogP contribution in [-0.4, -0.2) is 30.8 Å². The summed E-state index contributed by atoms with van der Waals surface area (Å²) in [5.41, 5.74) is 3.25. The normalized spacial score (nSPS) is 10.7. The molecule has 0 aliphatic heterocycles. The van der Waals surface area contributed by atoms with E-state index in [9.17, 15) is 9.59 Å². The summed E-state index contributed by atoms with van der Waals surface area (Å²) < 4.78 is 0. The molecule has 5 heteroatoms. The first-order valence-corrected chi connectivity index (χ1v) is 7.30. The second-order valence-electron chi connectivity index (χ2n) is 5.69. The predicted octanol–water partition coefficient (Wildman–Crippen LogP) is 0.792. The Bertz CT molecular complexity index is 674. The fourth-order valence-electron chi connectivity index (χ4n) is 2.28. The Morgan fingerprint density at radius 1 is 1.18 bits per heavy atom. The Morgan fingerprint density at radius 2 is 1.86 bits per heavy atom. The van der Waals surface area contributed by atoms with Crippen molar-refractivity contribution in [2.75, 3.05) is 14.1 Å². The summed E-state index contributed by atoms with van der Waals surface area (Å²) in [5, 5.41) is 2.89. The van der Waals surface area contributed by atoms with Gasteiger partial charge in [0.1, 0.15) is 12.2 Å². The summed E-state index contributed by atoms with van der Waals surface area (Å²) in [4.78, 5) is 27.5. The van der Waals surface area contributed by atoms with Gasteiger partial charge in [-0.3, -0.25) is 9.59 Å². The minimum Gasteiger partial charge on any atom is -0.356 e. The summed E-state index contributed by atoms with van der Waals surface area (Å²) in [7, 11) is 4.19. The molecular weight excluding hydrogens is 278 g/mol. The Morgan fingerprint density at radius 3 is 2.45 bits per heavy atom. The SMILES string of the molecule is CC(=O)c1c[nH]c(C(=O)NCc2ccccc2C[NH+](C)C)c1. The average molecular weight is 300 g/mol. The molecule has 116 valence electrons. The molecule has 5 nitrogen and oxygen atoms in total. The number of Topliss-reactive ketones (excluding diaryl/α,β-unsaturated/α-hetero) is 1. The average Bonchev–Trinajstić information content (AvgIpc) is 2.95. The fraction of sp³-hybridized carbons (Fsp3) is 0.294. The number of nitrogens with one attached hydrogen (secondary N) is 3. The third kappa shape index (κ3) is 4.05. The number of quaternary nitrogens is 1. The van der Waals surface area contributed by atoms with Gasteiger partial charge in [0.15, 0.2) is 5.78 Å². The van der Waals surface area contributed by atoms with Gasteiger partial charge in [-0.15, -0.1) is 0 Å². The van der Waals surface area contributed by atoms with E-state index >= 15 is 0 Å². The standard InChI is InChI=1S/C17H21N3O2/c1-12(21)15-8-16(18-10-15)17(22)19-9-13-6-4-5-7-14(13)11-20(2)3/h4-8,10,18H,9,11H2,1-3H3,(H,19,22)/p+1. The van der Waals surface area contributed by atoms with Gasteiger partial charge in [-0.2, -0.15) is 0 Å². The highest BCUT2D eigenvalue weighted by Crippen LogP contribution is 2.08. The van der Waals surface area contributed by atoms with Crippen LogP contribution in [0.3, 0.4) is 0 Å². The Balaban J connectivity index is 2.03. The molecule has 0 aliphatic carbocycles. The third-order valence-electron chi connectivity index (χ3n) is 3.44. The van der Waals surface area contributed by atoms with Gasteiger partial charge in [0.05, 0.1) is 14.1 Å². The quantitative estimate of drug-likeness (QED) is 0.691. The van der Waals surface area contributed by atoms with E-state index in [2.05, 4.69) is 30.5 Å². The summed E-state index contributed by atoms with van der Waals surface area (Å²) in [5.74, 6) is -0.269. The van der Waals surface area contributed by atoms with Crippen LogP contribution in [0.15, 0.2) is 36.5 Å². The van der Waals surface area contributed by atoms with Crippen molar-refractivity contribution in [1.82, 2.24) is 10.3 Å². The number of rotatable bonds is 6. The minimum absolute atomic E-state index is 0.0606. The number of amides is 1. The molecule has 0 saturated heterocycles. The van der Waals surface area contributed by atoms with E-state index in [0.717, 1.165) is 12.1 Å². The van der Waals surface area contributed by atoms with Crippen LogP contribution in [0.5, 0.6) is 0 Å². The van der Waals surface area contributed by atoms with Crippen LogP contribution in [0, 0.1) is 0 Å². The van der Waals surface area contributed by atoms with Crippen molar-refractivity contribution in [2.45, 2.75) is 20.0 Å². The molecule has 3 N–H and O–H groups in total. The monoisotopic (exact) mass is 300 g/mol. The Kier molecular flexibility index (Phi) is 5.12. The van der Waals surface area contributed by atoms with E-state index in [1.807, 2.05) is 18.2 Å². The molecule has 2 rings (SSSR count). The number of hydrogen-bond acceptors (Lipinski definition) is 2. The van der Waals surface area contributed by atoms with E-state index < -0.39 is 0 Å². The minimum atomic E-state index is -0.209. The van der Waals surface area contributed by atoms with E-state index in [4.69, 9.17) is 0 Å². The van der Waals surface area contributed by atoms with Crippen molar-refractivity contribution in [3.8, 4) is 0 Å². The zero-order valence-corrected chi connectivity index (χ0v) is 13.2. The van der Waals surface area contributed by atoms with Gasteiger partial charge < -0.3 is 15.2 Å². The highest BCUT2D eigenvalue weighted by atomic mass is 16.2. The molecule has 2 aromatic rings. The lowest BCUT2D eigenvalue weighted by Crippen LogP contribution is -3.04. The van der Waals surface area contributed by atoms with Crippen LogP contribution in [-0.2, 0) is 13.1 Å². The molecule has 0 bridgehead atoms. The summed E-state index contributed by atoms with van der Waals surface area (Å²) in [6.07, 6.45) is 1.56. The van der Waals surface area contributed by atoms with Crippen LogP contribution in [0.2, 0.25) is 0 Å². The molecule has 22 heavy (non-hydrogen) atoms. The van der Waals surface area contributed by atoms with Gasteiger partial charge in [-0.1, -0.05) is 24.3 Å². The Hall–Kier alpha value is -2.40. The number of carbonyl (C=O) groups is 2. The molecule has 0 saturated carbocycles. The van der Waals surface area contributed by atoms with Gasteiger partial charge in [0, 0.05) is 23.9 Å². The second kappa shape index (κ2) is 7.04. The van der Waals surface area contributed by atoms with E-state index in [1.54, 1.807) is 12.3 Å². The number of carbonyl (C=O) groups excluding carboxylic acids is 2. The number of H-pyrrole nitrogens is 1. The third-order valence-corrected chi connectivity index (χ3v) is 3.44. The topological polar surface area (TPSA) is 66.4 Å². The highest BCUT2D eigenvalue weighted by molar-refractivity contribution is 5.99. The van der Waals surface area contributed by atoms with Gasteiger partial charge >= 0.3 is 0 Å². The van der Waals surface area contributed by atoms with Crippen molar-refractivity contribution in [1.29, 1.82) is 0 Å². The molecule has 1 amide bonds. The lowest BCUT2D eigenvalue weighted by molar-refractivity contribution is -0.872. The first kappa shape index (κ1) is 16.0. The molecule has 1 aromatic carbocycles. The zero-order valence-electron chi connectivity index (χ0n) is 13.2. The number of aromatic amines is 1. The lowest BCUT2D eigenvalue weighted by Gasteiger charge is -2.12. The molecular formula is C17H22N3O2+. The van der Waals surface area contributed by atoms with E-state index in [0.29, 0.717) is 17.8 Å². The maximum Gasteiger partial charge on any atom is 0.267 e. The second-order valence-corrected chi connectivity index (χ2v) is 5.69.